The summed E-state index contributed by atoms with van der Waals surface area (Å²) in [7, 11) is 0. The van der Waals surface area contributed by atoms with Crippen LogP contribution in [0.1, 0.15) is 28.9 Å². The van der Waals surface area contributed by atoms with Gasteiger partial charge < -0.3 is 10.2 Å². The summed E-state index contributed by atoms with van der Waals surface area (Å²) in [6, 6.07) is 10.6. The number of Topliss-reactive ketones (excluding diaryl/α,β-unsaturated/α-hetero) is 1. The van der Waals surface area contributed by atoms with Gasteiger partial charge in [-0.3, -0.25) is 19.5 Å². The van der Waals surface area contributed by atoms with Crippen LogP contribution in [-0.4, -0.2) is 57.7 Å². The Hall–Kier alpha value is -2.77. The molecule has 1 N–H and O–H groups in total. The number of halogens is 1. The van der Waals surface area contributed by atoms with Crippen molar-refractivity contribution in [2.75, 3.05) is 13.1 Å². The Labute approximate surface area is 173 Å². The third-order valence-electron chi connectivity index (χ3n) is 5.36. The van der Waals surface area contributed by atoms with Gasteiger partial charge in [0.1, 0.15) is 6.04 Å². The van der Waals surface area contributed by atoms with Crippen molar-refractivity contribution in [2.45, 2.75) is 31.5 Å². The molecule has 0 aliphatic carbocycles. The highest BCUT2D eigenvalue weighted by Gasteiger charge is 2.47. The topological polar surface area (TPSA) is 82.6 Å². The maximum Gasteiger partial charge on any atom is 0.327 e. The smallest absolute Gasteiger partial charge is 0.311 e. The second kappa shape index (κ2) is 8.31. The first-order valence-corrected chi connectivity index (χ1v) is 9.96. The SMILES string of the molecule is O=C(CN1C(=O)N(Cc2ccccn2)C(=O)C2NCCCC21)c1ccc(Cl)cc1. The monoisotopic (exact) mass is 412 g/mol. The van der Waals surface area contributed by atoms with E-state index in [1.165, 1.54) is 9.80 Å². The summed E-state index contributed by atoms with van der Waals surface area (Å²) >= 11 is 5.90. The maximum atomic E-state index is 13.2. The molecule has 4 rings (SSSR count). The van der Waals surface area contributed by atoms with Gasteiger partial charge in [-0.05, 0) is 55.8 Å². The average molecular weight is 413 g/mol. The number of piperidine rings is 1. The van der Waals surface area contributed by atoms with Gasteiger partial charge in [-0.25, -0.2) is 4.79 Å². The molecule has 7 nitrogen and oxygen atoms in total. The summed E-state index contributed by atoms with van der Waals surface area (Å²) in [5.41, 5.74) is 1.10. The minimum Gasteiger partial charge on any atom is -0.311 e. The molecule has 2 atom stereocenters. The Balaban J connectivity index is 1.59. The molecular weight excluding hydrogens is 392 g/mol. The van der Waals surface area contributed by atoms with E-state index in [1.807, 2.05) is 6.07 Å². The zero-order valence-corrected chi connectivity index (χ0v) is 16.5. The van der Waals surface area contributed by atoms with E-state index in [9.17, 15) is 14.4 Å². The van der Waals surface area contributed by atoms with E-state index in [4.69, 9.17) is 11.6 Å². The van der Waals surface area contributed by atoms with E-state index >= 15 is 0 Å². The Bertz CT molecular complexity index is 919. The number of aromatic nitrogens is 1. The van der Waals surface area contributed by atoms with E-state index in [1.54, 1.807) is 42.6 Å². The number of fused-ring (bicyclic) bond motifs is 1. The number of ketones is 1. The highest BCUT2D eigenvalue weighted by atomic mass is 35.5. The number of rotatable bonds is 5. The van der Waals surface area contributed by atoms with Crippen LogP contribution in [0.5, 0.6) is 0 Å². The summed E-state index contributed by atoms with van der Waals surface area (Å²) in [4.78, 5) is 46.0. The minimum atomic E-state index is -0.511. The maximum absolute atomic E-state index is 13.2. The lowest BCUT2D eigenvalue weighted by molar-refractivity contribution is -0.137. The quantitative estimate of drug-likeness (QED) is 0.763. The van der Waals surface area contributed by atoms with Crippen LogP contribution in [0, 0.1) is 0 Å². The van der Waals surface area contributed by atoms with Crippen molar-refractivity contribution >= 4 is 29.3 Å². The predicted molar refractivity (Wildman–Crippen MR) is 107 cm³/mol. The molecule has 2 aromatic rings. The van der Waals surface area contributed by atoms with E-state index in [0.717, 1.165) is 6.42 Å². The molecule has 2 fully saturated rings. The fourth-order valence-corrected chi connectivity index (χ4v) is 4.01. The van der Waals surface area contributed by atoms with Crippen LogP contribution in [0.4, 0.5) is 4.79 Å². The number of nitrogens with zero attached hydrogens (tertiary/aromatic N) is 3. The fraction of sp³-hybridized carbons (Fsp3) is 0.333. The lowest BCUT2D eigenvalue weighted by Crippen LogP contribution is -2.69. The van der Waals surface area contributed by atoms with Crippen molar-refractivity contribution < 1.29 is 14.4 Å². The third-order valence-corrected chi connectivity index (χ3v) is 5.61. The normalized spacial score (nSPS) is 21.8. The molecule has 2 saturated heterocycles. The van der Waals surface area contributed by atoms with Gasteiger partial charge in [0, 0.05) is 16.8 Å². The molecule has 2 unspecified atom stereocenters. The zero-order chi connectivity index (χ0) is 20.4. The number of carbonyl (C=O) groups is 3. The van der Waals surface area contributed by atoms with Gasteiger partial charge in [0.05, 0.1) is 24.8 Å². The van der Waals surface area contributed by atoms with Gasteiger partial charge in [-0.2, -0.15) is 0 Å². The van der Waals surface area contributed by atoms with Crippen LogP contribution in [0.2, 0.25) is 5.02 Å². The number of urea groups is 1. The van der Waals surface area contributed by atoms with Crippen LogP contribution >= 0.6 is 11.6 Å². The molecule has 29 heavy (non-hydrogen) atoms. The van der Waals surface area contributed by atoms with E-state index in [-0.39, 0.29) is 30.8 Å². The molecule has 1 aromatic carbocycles. The number of nitrogens with one attached hydrogen (secondary N) is 1. The van der Waals surface area contributed by atoms with Crippen molar-refractivity contribution in [3.63, 3.8) is 0 Å². The molecule has 8 heteroatoms. The molecule has 1 aromatic heterocycles. The highest BCUT2D eigenvalue weighted by Crippen LogP contribution is 2.26. The van der Waals surface area contributed by atoms with Gasteiger partial charge in [-0.1, -0.05) is 17.7 Å². The second-order valence-electron chi connectivity index (χ2n) is 7.23. The van der Waals surface area contributed by atoms with Gasteiger partial charge in [0.2, 0.25) is 5.91 Å². The van der Waals surface area contributed by atoms with Crippen LogP contribution in [0.25, 0.3) is 0 Å². The molecule has 2 aliphatic rings. The molecule has 0 saturated carbocycles. The van der Waals surface area contributed by atoms with Crippen LogP contribution in [0.3, 0.4) is 0 Å². The number of pyridine rings is 1. The van der Waals surface area contributed by atoms with Gasteiger partial charge >= 0.3 is 6.03 Å². The largest absolute Gasteiger partial charge is 0.327 e. The Morgan fingerprint density at radius 3 is 2.69 bits per heavy atom. The Morgan fingerprint density at radius 2 is 1.97 bits per heavy atom. The molecule has 0 radical (unpaired) electrons. The van der Waals surface area contributed by atoms with Gasteiger partial charge in [-0.15, -0.1) is 0 Å². The molecule has 0 spiro atoms. The lowest BCUT2D eigenvalue weighted by Gasteiger charge is -2.46. The number of imide groups is 1. The van der Waals surface area contributed by atoms with Gasteiger partial charge in [0.25, 0.3) is 0 Å². The van der Waals surface area contributed by atoms with Crippen LogP contribution in [0.15, 0.2) is 48.7 Å². The average Bonchev–Trinajstić information content (AvgIpc) is 2.75. The van der Waals surface area contributed by atoms with Gasteiger partial charge in [0.15, 0.2) is 5.78 Å². The molecular formula is C21H21ClN4O3. The van der Waals surface area contributed by atoms with Crippen molar-refractivity contribution in [1.82, 2.24) is 20.1 Å². The molecule has 2 aliphatic heterocycles. The first-order valence-electron chi connectivity index (χ1n) is 9.58. The van der Waals surface area contributed by atoms with Crippen LogP contribution < -0.4 is 5.32 Å². The molecule has 0 bridgehead atoms. The number of amides is 3. The molecule has 3 amide bonds. The second-order valence-corrected chi connectivity index (χ2v) is 7.66. The van der Waals surface area contributed by atoms with Crippen molar-refractivity contribution in [3.05, 3.63) is 64.9 Å². The number of carbonyl (C=O) groups excluding carboxylic acids is 3. The Morgan fingerprint density at radius 1 is 1.17 bits per heavy atom. The predicted octanol–water partition coefficient (Wildman–Crippen LogP) is 2.50. The third kappa shape index (κ3) is 4.02. The first-order chi connectivity index (χ1) is 14.0. The molecule has 150 valence electrons. The summed E-state index contributed by atoms with van der Waals surface area (Å²) in [6.07, 6.45) is 3.14. The highest BCUT2D eigenvalue weighted by molar-refractivity contribution is 6.30. The summed E-state index contributed by atoms with van der Waals surface area (Å²) in [6.45, 7) is 0.696. The fourth-order valence-electron chi connectivity index (χ4n) is 3.88. The number of hydrogen-bond acceptors (Lipinski definition) is 5. The van der Waals surface area contributed by atoms with E-state index in [2.05, 4.69) is 10.3 Å². The lowest BCUT2D eigenvalue weighted by atomic mass is 9.93. The van der Waals surface area contributed by atoms with E-state index in [0.29, 0.717) is 29.2 Å². The first kappa shape index (κ1) is 19.5. The number of benzene rings is 1. The summed E-state index contributed by atoms with van der Waals surface area (Å²) in [5, 5.41) is 3.76. The van der Waals surface area contributed by atoms with Crippen molar-refractivity contribution in [2.24, 2.45) is 0 Å². The van der Waals surface area contributed by atoms with Crippen molar-refractivity contribution in [3.8, 4) is 0 Å². The summed E-state index contributed by atoms with van der Waals surface area (Å²) in [5.74, 6) is -0.452. The van der Waals surface area contributed by atoms with Crippen LogP contribution in [-0.2, 0) is 11.3 Å². The number of hydrogen-bond donors (Lipinski definition) is 1. The van der Waals surface area contributed by atoms with E-state index < -0.39 is 12.1 Å². The summed E-state index contributed by atoms with van der Waals surface area (Å²) < 4.78 is 0. The molecule has 3 heterocycles. The minimum absolute atomic E-state index is 0.0784. The standard InChI is InChI=1S/C21H21ClN4O3/c22-15-8-6-14(7-9-15)18(27)13-25-17-5-3-11-24-19(17)20(28)26(21(25)29)12-16-4-1-2-10-23-16/h1-2,4,6-10,17,19,24H,3,5,11-13H2. The Kier molecular flexibility index (Phi) is 5.60. The zero-order valence-electron chi connectivity index (χ0n) is 15.8. The van der Waals surface area contributed by atoms with Crippen molar-refractivity contribution in [1.29, 1.82) is 0 Å².